The number of rotatable bonds is 4. The molecule has 1 aliphatic rings. The molecular formula is C22H21ClF3N3O2. The summed E-state index contributed by atoms with van der Waals surface area (Å²) in [5, 5.41) is 8.21. The monoisotopic (exact) mass is 451 g/mol. The van der Waals surface area contributed by atoms with E-state index < -0.39 is 11.7 Å². The van der Waals surface area contributed by atoms with Crippen molar-refractivity contribution < 1.29 is 22.6 Å². The van der Waals surface area contributed by atoms with E-state index in [1.807, 2.05) is 0 Å². The van der Waals surface area contributed by atoms with Crippen molar-refractivity contribution >= 4 is 17.4 Å². The van der Waals surface area contributed by atoms with Gasteiger partial charge in [-0.15, -0.1) is 0 Å². The van der Waals surface area contributed by atoms with Gasteiger partial charge in [0.05, 0.1) is 36.1 Å². The first-order valence-corrected chi connectivity index (χ1v) is 10.2. The normalized spacial score (nSPS) is 13.9. The van der Waals surface area contributed by atoms with Gasteiger partial charge in [0.25, 0.3) is 0 Å². The van der Waals surface area contributed by atoms with Gasteiger partial charge < -0.3 is 14.8 Å². The van der Waals surface area contributed by atoms with Crippen molar-refractivity contribution in [3.8, 4) is 28.4 Å². The summed E-state index contributed by atoms with van der Waals surface area (Å²) < 4.78 is 52.6. The van der Waals surface area contributed by atoms with Gasteiger partial charge in [0.15, 0.2) is 0 Å². The third-order valence-corrected chi connectivity index (χ3v) is 5.62. The van der Waals surface area contributed by atoms with Crippen molar-refractivity contribution in [3.05, 3.63) is 52.5 Å². The van der Waals surface area contributed by atoms with E-state index in [0.717, 1.165) is 30.5 Å². The van der Waals surface area contributed by atoms with E-state index in [0.29, 0.717) is 41.5 Å². The molecule has 5 nitrogen and oxygen atoms in total. The van der Waals surface area contributed by atoms with Crippen LogP contribution in [0.2, 0.25) is 5.02 Å². The van der Waals surface area contributed by atoms with E-state index in [1.165, 1.54) is 10.7 Å². The predicted octanol–water partition coefficient (Wildman–Crippen LogP) is 5.98. The largest absolute Gasteiger partial charge is 0.496 e. The fourth-order valence-corrected chi connectivity index (χ4v) is 4.01. The summed E-state index contributed by atoms with van der Waals surface area (Å²) >= 11 is 6.33. The third-order valence-electron chi connectivity index (χ3n) is 5.30. The molecule has 0 aliphatic carbocycles. The van der Waals surface area contributed by atoms with Crippen LogP contribution >= 0.6 is 11.6 Å². The van der Waals surface area contributed by atoms with Crippen LogP contribution in [0.1, 0.15) is 24.0 Å². The van der Waals surface area contributed by atoms with Crippen LogP contribution < -0.4 is 14.8 Å². The van der Waals surface area contributed by atoms with Crippen LogP contribution in [-0.2, 0) is 12.6 Å². The maximum atomic E-state index is 13.4. The predicted molar refractivity (Wildman–Crippen MR) is 114 cm³/mol. The van der Waals surface area contributed by atoms with Gasteiger partial charge in [-0.2, -0.15) is 18.3 Å². The highest BCUT2D eigenvalue weighted by molar-refractivity contribution is 6.32. The number of nitrogens with zero attached hydrogens (tertiary/aromatic N) is 2. The first kappa shape index (κ1) is 21.4. The lowest BCUT2D eigenvalue weighted by atomic mass is 10.0. The molecule has 0 spiro atoms. The number of hydrogen-bond acceptors (Lipinski definition) is 4. The molecule has 4 rings (SSSR count). The van der Waals surface area contributed by atoms with E-state index >= 15 is 0 Å². The Morgan fingerprint density at radius 1 is 1.06 bits per heavy atom. The summed E-state index contributed by atoms with van der Waals surface area (Å²) in [6.07, 6.45) is -1.96. The van der Waals surface area contributed by atoms with Crippen molar-refractivity contribution in [1.82, 2.24) is 9.78 Å². The average Bonchev–Trinajstić information content (AvgIpc) is 2.92. The van der Waals surface area contributed by atoms with Crippen LogP contribution in [0.15, 0.2) is 36.4 Å². The minimum Gasteiger partial charge on any atom is -0.496 e. The number of halogens is 4. The van der Waals surface area contributed by atoms with Gasteiger partial charge in [-0.05, 0) is 49.6 Å². The summed E-state index contributed by atoms with van der Waals surface area (Å²) in [4.78, 5) is 0. The fourth-order valence-electron chi connectivity index (χ4n) is 3.81. The Balaban J connectivity index is 2.00. The summed E-state index contributed by atoms with van der Waals surface area (Å²) in [5.74, 6) is 1.75. The number of aromatic nitrogens is 2. The Morgan fingerprint density at radius 2 is 1.77 bits per heavy atom. The molecule has 0 atom stereocenters. The Kier molecular flexibility index (Phi) is 5.75. The fraction of sp³-hybridized carbons (Fsp3) is 0.318. The van der Waals surface area contributed by atoms with E-state index in [9.17, 15) is 13.2 Å². The summed E-state index contributed by atoms with van der Waals surface area (Å²) in [7, 11) is 3.10. The molecule has 0 amide bonds. The number of hydrogen-bond donors (Lipinski definition) is 1. The molecule has 1 aliphatic heterocycles. The Morgan fingerprint density at radius 3 is 2.42 bits per heavy atom. The Labute approximate surface area is 182 Å². The molecular weight excluding hydrogens is 431 g/mol. The van der Waals surface area contributed by atoms with Gasteiger partial charge >= 0.3 is 6.18 Å². The van der Waals surface area contributed by atoms with E-state index in [1.54, 1.807) is 32.4 Å². The van der Waals surface area contributed by atoms with Crippen molar-refractivity contribution in [3.63, 3.8) is 0 Å². The number of nitrogens with one attached hydrogen (secondary N) is 1. The minimum absolute atomic E-state index is 0.155. The standard InChI is InChI=1S/C22H21ClF3N3O2/c1-30-17-7-5-8-18(31-2)19(17)20-14-6-3-4-11-27-21(14)29(28-20)16-12-13(22(24,25)26)9-10-15(16)23/h5,7-10,12,27H,3-4,6,11H2,1-2H3. The van der Waals surface area contributed by atoms with E-state index in [2.05, 4.69) is 5.32 Å². The molecule has 0 bridgehead atoms. The molecule has 1 N–H and O–H groups in total. The smallest absolute Gasteiger partial charge is 0.416 e. The first-order chi connectivity index (χ1) is 14.8. The van der Waals surface area contributed by atoms with Crippen LogP contribution in [-0.4, -0.2) is 30.5 Å². The van der Waals surface area contributed by atoms with Gasteiger partial charge in [-0.1, -0.05) is 17.7 Å². The van der Waals surface area contributed by atoms with Crippen LogP contribution in [0.25, 0.3) is 16.9 Å². The van der Waals surface area contributed by atoms with Crippen molar-refractivity contribution in [2.24, 2.45) is 0 Å². The van der Waals surface area contributed by atoms with Gasteiger partial charge in [0.2, 0.25) is 0 Å². The molecule has 31 heavy (non-hydrogen) atoms. The van der Waals surface area contributed by atoms with Crippen molar-refractivity contribution in [1.29, 1.82) is 0 Å². The molecule has 1 aromatic heterocycles. The highest BCUT2D eigenvalue weighted by Gasteiger charge is 2.32. The zero-order valence-corrected chi connectivity index (χ0v) is 17.8. The first-order valence-electron chi connectivity index (χ1n) is 9.79. The zero-order chi connectivity index (χ0) is 22.2. The number of alkyl halides is 3. The van der Waals surface area contributed by atoms with Crippen LogP contribution in [0.5, 0.6) is 11.5 Å². The summed E-state index contributed by atoms with van der Waals surface area (Å²) in [5.41, 5.74) is 1.48. The Bertz CT molecular complexity index is 1090. The van der Waals surface area contributed by atoms with Gasteiger partial charge in [0.1, 0.15) is 23.0 Å². The lowest BCUT2D eigenvalue weighted by molar-refractivity contribution is -0.137. The molecule has 0 saturated carbocycles. The SMILES string of the molecule is COc1cccc(OC)c1-c1nn(-c2cc(C(F)(F)F)ccc2Cl)c2c1CCCCN2. The molecule has 3 aromatic rings. The molecule has 164 valence electrons. The van der Waals surface area contributed by atoms with Crippen LogP contribution in [0.4, 0.5) is 19.0 Å². The maximum absolute atomic E-state index is 13.4. The molecule has 0 unspecified atom stereocenters. The summed E-state index contributed by atoms with van der Waals surface area (Å²) in [6, 6.07) is 8.62. The second-order valence-electron chi connectivity index (χ2n) is 7.17. The molecule has 9 heteroatoms. The number of anilines is 1. The van der Waals surface area contributed by atoms with Gasteiger partial charge in [-0.25, -0.2) is 4.68 Å². The number of ether oxygens (including phenoxy) is 2. The third kappa shape index (κ3) is 3.92. The van der Waals surface area contributed by atoms with Gasteiger partial charge in [-0.3, -0.25) is 0 Å². The maximum Gasteiger partial charge on any atom is 0.416 e. The minimum atomic E-state index is -4.49. The average molecular weight is 452 g/mol. The lowest BCUT2D eigenvalue weighted by Gasteiger charge is -2.13. The quantitative estimate of drug-likeness (QED) is 0.530. The number of methoxy groups -OCH3 is 2. The van der Waals surface area contributed by atoms with Crippen LogP contribution in [0, 0.1) is 0 Å². The molecule has 0 radical (unpaired) electrons. The second-order valence-corrected chi connectivity index (χ2v) is 7.58. The van der Waals surface area contributed by atoms with E-state index in [-0.39, 0.29) is 10.7 Å². The molecule has 2 heterocycles. The summed E-state index contributed by atoms with van der Waals surface area (Å²) in [6.45, 7) is 0.678. The molecule has 0 fully saturated rings. The highest BCUT2D eigenvalue weighted by atomic mass is 35.5. The highest BCUT2D eigenvalue weighted by Crippen LogP contribution is 2.44. The van der Waals surface area contributed by atoms with Gasteiger partial charge in [0, 0.05) is 12.1 Å². The van der Waals surface area contributed by atoms with E-state index in [4.69, 9.17) is 26.2 Å². The molecule has 2 aromatic carbocycles. The lowest BCUT2D eigenvalue weighted by Crippen LogP contribution is -2.10. The van der Waals surface area contributed by atoms with Crippen molar-refractivity contribution in [2.45, 2.75) is 25.4 Å². The van der Waals surface area contributed by atoms with Crippen molar-refractivity contribution in [2.75, 3.05) is 26.1 Å². The Hall–Kier alpha value is -2.87. The number of fused-ring (bicyclic) bond motifs is 1. The molecule has 0 saturated heterocycles. The second kappa shape index (κ2) is 8.34. The topological polar surface area (TPSA) is 48.3 Å². The van der Waals surface area contributed by atoms with Crippen LogP contribution in [0.3, 0.4) is 0 Å². The zero-order valence-electron chi connectivity index (χ0n) is 17.0. The number of benzene rings is 2.